The smallest absolute Gasteiger partial charge is 0.127 e. The minimum Gasteiger partial charge on any atom is -0.490 e. The number of ether oxygens (including phenoxy) is 1. The highest BCUT2D eigenvalue weighted by molar-refractivity contribution is 5.88. The van der Waals surface area contributed by atoms with Gasteiger partial charge in [0.15, 0.2) is 0 Å². The molecule has 0 spiro atoms. The zero-order valence-corrected chi connectivity index (χ0v) is 11.3. The molecule has 0 saturated heterocycles. The van der Waals surface area contributed by atoms with Crippen LogP contribution in [0.5, 0.6) is 5.75 Å². The van der Waals surface area contributed by atoms with Crippen LogP contribution >= 0.6 is 0 Å². The lowest BCUT2D eigenvalue weighted by molar-refractivity contribution is 0.105. The van der Waals surface area contributed by atoms with Crippen LogP contribution in [0.3, 0.4) is 0 Å². The summed E-state index contributed by atoms with van der Waals surface area (Å²) < 4.78 is 21.5. The number of fused-ring (bicyclic) bond motifs is 1. The lowest BCUT2D eigenvalue weighted by Crippen LogP contribution is -2.35. The van der Waals surface area contributed by atoms with Crippen molar-refractivity contribution in [1.82, 2.24) is 5.32 Å². The van der Waals surface area contributed by atoms with Gasteiger partial charge in [-0.2, -0.15) is 0 Å². The molecule has 0 bridgehead atoms. The van der Waals surface area contributed by atoms with E-state index in [-0.39, 0.29) is 12.6 Å². The third-order valence-electron chi connectivity index (χ3n) is 2.78. The minimum absolute atomic E-state index is 0.118. The molecule has 1 atom stereocenters. The van der Waals surface area contributed by atoms with E-state index < -0.39 is 6.10 Å². The van der Waals surface area contributed by atoms with Crippen molar-refractivity contribution in [1.29, 1.82) is 0 Å². The monoisotopic (exact) mass is 261 g/mol. The lowest BCUT2D eigenvalue weighted by Gasteiger charge is -2.15. The summed E-state index contributed by atoms with van der Waals surface area (Å²) in [6.45, 7) is 4.58. The molecule has 0 aliphatic heterocycles. The van der Waals surface area contributed by atoms with Gasteiger partial charge in [-0.3, -0.25) is 0 Å². The molecule has 19 heavy (non-hydrogen) atoms. The summed E-state index contributed by atoms with van der Waals surface area (Å²) in [5, 5.41) is 14.5. The van der Waals surface area contributed by atoms with Crippen molar-refractivity contribution in [3.63, 3.8) is 0 Å². The average molecular weight is 261 g/mol. The Labute approximate surface area is 117 Å². The maximum Gasteiger partial charge on any atom is 0.127 e. The number of benzene rings is 2. The molecule has 2 N–H and O–H groups in total. The predicted octanol–water partition coefficient (Wildman–Crippen LogP) is 2.58. The van der Waals surface area contributed by atoms with Gasteiger partial charge in [0.05, 0.1) is 2.74 Å². The first-order valence-corrected chi connectivity index (χ1v) is 6.52. The summed E-state index contributed by atoms with van der Waals surface area (Å²) >= 11 is 0. The van der Waals surface area contributed by atoms with E-state index in [1.807, 2.05) is 38.1 Å². The first-order chi connectivity index (χ1) is 9.99. The van der Waals surface area contributed by atoms with Crippen molar-refractivity contribution in [3.8, 4) is 5.75 Å². The maximum absolute atomic E-state index is 9.89. The van der Waals surface area contributed by atoms with E-state index in [9.17, 15) is 5.11 Å². The van der Waals surface area contributed by atoms with Crippen molar-refractivity contribution in [2.75, 3.05) is 13.2 Å². The summed E-state index contributed by atoms with van der Waals surface area (Å²) in [6, 6.07) is 9.62. The van der Waals surface area contributed by atoms with Crippen LogP contribution in [0.15, 0.2) is 42.4 Å². The second kappa shape index (κ2) is 6.55. The highest BCUT2D eigenvalue weighted by Crippen LogP contribution is 2.25. The van der Waals surface area contributed by atoms with E-state index in [1.54, 1.807) is 0 Å². The molecule has 2 rings (SSSR count). The van der Waals surface area contributed by atoms with Crippen LogP contribution in [0, 0.1) is 0 Å². The Kier molecular flexibility index (Phi) is 3.88. The normalized spacial score (nSPS) is 14.3. The third kappa shape index (κ3) is 3.94. The van der Waals surface area contributed by atoms with E-state index in [0.29, 0.717) is 24.4 Å². The molecule has 0 fully saturated rings. The summed E-state index contributed by atoms with van der Waals surface area (Å²) in [4.78, 5) is 0. The fourth-order valence-corrected chi connectivity index (χ4v) is 1.79. The van der Waals surface area contributed by atoms with Gasteiger partial charge < -0.3 is 15.2 Å². The summed E-state index contributed by atoms with van der Waals surface area (Å²) in [7, 11) is 0. The predicted molar refractivity (Wildman–Crippen MR) is 78.6 cm³/mol. The van der Waals surface area contributed by atoms with Crippen molar-refractivity contribution in [3.05, 3.63) is 42.4 Å². The Morgan fingerprint density at radius 1 is 1.26 bits per heavy atom. The number of nitrogens with one attached hydrogen (secondary N) is 1. The molecule has 0 aromatic heterocycles. The van der Waals surface area contributed by atoms with Crippen LogP contribution in [-0.2, 0) is 0 Å². The molecular formula is C16H21NO2. The van der Waals surface area contributed by atoms with Gasteiger partial charge in [0, 0.05) is 18.0 Å². The standard InChI is InChI=1S/C16H21NO2/c1-12(2)17-10-14(18)11-19-16-9-5-7-13-6-3-4-8-15(13)16/h3-9,12,14,17-18H,10-11H2,1-2H3/t14-/m1/s1/i7D,9D. The highest BCUT2D eigenvalue weighted by Gasteiger charge is 2.07. The number of aliphatic hydroxyl groups is 1. The summed E-state index contributed by atoms with van der Waals surface area (Å²) in [5.74, 6) is 0.421. The summed E-state index contributed by atoms with van der Waals surface area (Å²) in [6.07, 6.45) is -0.638. The SMILES string of the molecule is [2H]c1cc([2H])c2ccccc2c1OC[C@H](O)CNC(C)C. The Morgan fingerprint density at radius 2 is 2.05 bits per heavy atom. The Hall–Kier alpha value is -1.58. The molecular weight excluding hydrogens is 238 g/mol. The zero-order valence-electron chi connectivity index (χ0n) is 13.3. The van der Waals surface area contributed by atoms with Crippen molar-refractivity contribution >= 4 is 10.8 Å². The van der Waals surface area contributed by atoms with E-state index in [2.05, 4.69) is 5.32 Å². The van der Waals surface area contributed by atoms with Crippen molar-refractivity contribution in [2.45, 2.75) is 26.0 Å². The van der Waals surface area contributed by atoms with E-state index in [4.69, 9.17) is 7.48 Å². The highest BCUT2D eigenvalue weighted by atomic mass is 16.5. The average Bonchev–Trinajstić information content (AvgIpc) is 2.45. The van der Waals surface area contributed by atoms with E-state index in [1.165, 1.54) is 6.07 Å². The van der Waals surface area contributed by atoms with E-state index in [0.717, 1.165) is 10.8 Å². The molecule has 3 nitrogen and oxygen atoms in total. The first kappa shape index (κ1) is 11.3. The van der Waals surface area contributed by atoms with Gasteiger partial charge in [0.2, 0.25) is 0 Å². The Bertz CT molecular complexity index is 616. The van der Waals surface area contributed by atoms with Crippen LogP contribution in [0.4, 0.5) is 0 Å². The van der Waals surface area contributed by atoms with Gasteiger partial charge in [0.1, 0.15) is 18.5 Å². The molecule has 0 aliphatic carbocycles. The van der Waals surface area contributed by atoms with Gasteiger partial charge in [0.25, 0.3) is 0 Å². The quantitative estimate of drug-likeness (QED) is 0.839. The van der Waals surface area contributed by atoms with Gasteiger partial charge >= 0.3 is 0 Å². The first-order valence-electron chi connectivity index (χ1n) is 7.52. The number of rotatable bonds is 6. The molecule has 2 aromatic carbocycles. The topological polar surface area (TPSA) is 41.5 Å². The maximum atomic E-state index is 9.89. The van der Waals surface area contributed by atoms with Crippen LogP contribution in [0.1, 0.15) is 16.6 Å². The molecule has 102 valence electrons. The summed E-state index contributed by atoms with van der Waals surface area (Å²) in [5.41, 5.74) is 0. The fraction of sp³-hybridized carbons (Fsp3) is 0.375. The number of aliphatic hydroxyl groups excluding tert-OH is 1. The van der Waals surface area contributed by atoms with Gasteiger partial charge in [-0.15, -0.1) is 0 Å². The van der Waals surface area contributed by atoms with Crippen LogP contribution in [0.25, 0.3) is 10.8 Å². The van der Waals surface area contributed by atoms with Crippen molar-refractivity contribution < 1.29 is 12.6 Å². The minimum atomic E-state index is -0.638. The Morgan fingerprint density at radius 3 is 2.84 bits per heavy atom. The largest absolute Gasteiger partial charge is 0.490 e. The molecule has 0 amide bonds. The molecule has 0 heterocycles. The van der Waals surface area contributed by atoms with Crippen LogP contribution in [0.2, 0.25) is 0 Å². The van der Waals surface area contributed by atoms with Crippen molar-refractivity contribution in [2.24, 2.45) is 0 Å². The van der Waals surface area contributed by atoms with Gasteiger partial charge in [-0.1, -0.05) is 50.2 Å². The van der Waals surface area contributed by atoms with E-state index >= 15 is 0 Å². The zero-order chi connectivity index (χ0) is 15.4. The molecule has 0 unspecified atom stereocenters. The molecule has 0 saturated carbocycles. The lowest BCUT2D eigenvalue weighted by atomic mass is 10.1. The second-order valence-corrected chi connectivity index (χ2v) is 4.84. The molecule has 2 aromatic rings. The Balaban J connectivity index is 2.15. The van der Waals surface area contributed by atoms with Crippen LogP contribution in [-0.4, -0.2) is 30.4 Å². The number of hydrogen-bond donors (Lipinski definition) is 2. The molecule has 0 radical (unpaired) electrons. The van der Waals surface area contributed by atoms with Crippen LogP contribution < -0.4 is 10.1 Å². The molecule has 3 heteroatoms. The molecule has 0 aliphatic rings. The van der Waals surface area contributed by atoms with Gasteiger partial charge in [-0.05, 0) is 11.4 Å². The second-order valence-electron chi connectivity index (χ2n) is 4.84. The third-order valence-corrected chi connectivity index (χ3v) is 2.78. The fourth-order valence-electron chi connectivity index (χ4n) is 1.79. The number of hydrogen-bond acceptors (Lipinski definition) is 3. The van der Waals surface area contributed by atoms with Gasteiger partial charge in [-0.25, -0.2) is 0 Å².